The first-order chi connectivity index (χ1) is 5.83. The molecular weight excluding hydrogens is 148 g/mol. The van der Waals surface area contributed by atoms with Crippen LogP contribution in [0.5, 0.6) is 0 Å². The van der Waals surface area contributed by atoms with Crippen molar-refractivity contribution in [2.45, 2.75) is 19.9 Å². The lowest BCUT2D eigenvalue weighted by Crippen LogP contribution is -2.18. The Labute approximate surface area is 74.2 Å². The molecule has 0 spiro atoms. The molecule has 0 amide bonds. The zero-order valence-electron chi connectivity index (χ0n) is 7.83. The van der Waals surface area contributed by atoms with E-state index in [-0.39, 0.29) is 0 Å². The van der Waals surface area contributed by atoms with Crippen LogP contribution in [0.25, 0.3) is 0 Å². The van der Waals surface area contributed by atoms with Crippen LogP contribution >= 0.6 is 0 Å². The van der Waals surface area contributed by atoms with Crippen LogP contribution in [-0.4, -0.2) is 23.5 Å². The molecule has 0 unspecified atom stereocenters. The first-order valence-electron chi connectivity index (χ1n) is 4.41. The minimum absolute atomic E-state index is 0.953. The first kappa shape index (κ1) is 9.20. The van der Waals surface area contributed by atoms with E-state index in [4.69, 9.17) is 0 Å². The normalized spacial score (nSPS) is 10.6. The third-order valence-corrected chi connectivity index (χ3v) is 1.76. The lowest BCUT2D eigenvalue weighted by Gasteiger charge is -2.14. The zero-order chi connectivity index (χ0) is 8.81. The molecule has 1 heterocycles. The molecule has 0 aliphatic heterocycles. The van der Waals surface area contributed by atoms with Crippen LogP contribution < -0.4 is 0 Å². The highest BCUT2D eigenvalue weighted by atomic mass is 15.1. The molecule has 0 saturated heterocycles. The monoisotopic (exact) mass is 164 g/mol. The smallest absolute Gasteiger partial charge is 0.0543 e. The van der Waals surface area contributed by atoms with Crippen LogP contribution in [0.3, 0.4) is 0 Å². The third-order valence-electron chi connectivity index (χ3n) is 1.76. The Kier molecular flexibility index (Phi) is 3.74. The molecule has 1 aromatic heterocycles. The summed E-state index contributed by atoms with van der Waals surface area (Å²) in [6.45, 7) is 4.28. The molecule has 0 atom stereocenters. The summed E-state index contributed by atoms with van der Waals surface area (Å²) in [6.07, 6.45) is 3.04. The number of hydrogen-bond acceptors (Lipinski definition) is 2. The Morgan fingerprint density at radius 1 is 1.42 bits per heavy atom. The van der Waals surface area contributed by atoms with E-state index in [1.807, 2.05) is 18.3 Å². The first-order valence-corrected chi connectivity index (χ1v) is 4.41. The standard InChI is InChI=1S/C10H16N2/c1-3-8-12(2)9-10-6-4-5-7-11-10/h4-7H,3,8-9H2,1-2H3. The largest absolute Gasteiger partial charge is 0.301 e. The fraction of sp³-hybridized carbons (Fsp3) is 0.500. The van der Waals surface area contributed by atoms with E-state index in [0.29, 0.717) is 0 Å². The topological polar surface area (TPSA) is 16.1 Å². The van der Waals surface area contributed by atoms with Crippen molar-refractivity contribution in [3.63, 3.8) is 0 Å². The maximum absolute atomic E-state index is 4.26. The molecule has 2 heteroatoms. The van der Waals surface area contributed by atoms with E-state index in [1.165, 1.54) is 6.42 Å². The van der Waals surface area contributed by atoms with Crippen LogP contribution in [0.2, 0.25) is 0 Å². The average molecular weight is 164 g/mol. The van der Waals surface area contributed by atoms with Crippen LogP contribution in [0.4, 0.5) is 0 Å². The highest BCUT2D eigenvalue weighted by molar-refractivity contribution is 5.02. The van der Waals surface area contributed by atoms with Crippen molar-refractivity contribution < 1.29 is 0 Å². The number of hydrogen-bond donors (Lipinski definition) is 0. The van der Waals surface area contributed by atoms with Gasteiger partial charge in [0.05, 0.1) is 5.69 Å². The summed E-state index contributed by atoms with van der Waals surface area (Å²) in [7, 11) is 2.12. The maximum atomic E-state index is 4.26. The van der Waals surface area contributed by atoms with Crippen LogP contribution in [0, 0.1) is 0 Å². The van der Waals surface area contributed by atoms with Gasteiger partial charge in [-0.3, -0.25) is 4.98 Å². The molecule has 0 saturated carbocycles. The number of pyridine rings is 1. The van der Waals surface area contributed by atoms with Crippen molar-refractivity contribution in [1.82, 2.24) is 9.88 Å². The molecule has 0 bridgehead atoms. The molecule has 0 aromatic carbocycles. The van der Waals surface area contributed by atoms with Crippen molar-refractivity contribution in [2.24, 2.45) is 0 Å². The zero-order valence-corrected chi connectivity index (χ0v) is 7.83. The third kappa shape index (κ3) is 3.01. The minimum atomic E-state index is 0.953. The molecule has 0 radical (unpaired) electrons. The van der Waals surface area contributed by atoms with Crippen LogP contribution in [-0.2, 0) is 6.54 Å². The highest BCUT2D eigenvalue weighted by Crippen LogP contribution is 1.98. The van der Waals surface area contributed by atoms with E-state index in [0.717, 1.165) is 18.8 Å². The molecule has 0 aliphatic carbocycles. The van der Waals surface area contributed by atoms with E-state index < -0.39 is 0 Å². The van der Waals surface area contributed by atoms with E-state index in [1.54, 1.807) is 0 Å². The van der Waals surface area contributed by atoms with E-state index in [9.17, 15) is 0 Å². The maximum Gasteiger partial charge on any atom is 0.0543 e. The summed E-state index contributed by atoms with van der Waals surface area (Å²) in [5.74, 6) is 0. The molecule has 2 nitrogen and oxygen atoms in total. The van der Waals surface area contributed by atoms with Gasteiger partial charge in [0, 0.05) is 12.7 Å². The van der Waals surface area contributed by atoms with Crippen LogP contribution in [0.1, 0.15) is 19.0 Å². The van der Waals surface area contributed by atoms with E-state index >= 15 is 0 Å². The van der Waals surface area contributed by atoms with Gasteiger partial charge in [-0.05, 0) is 32.1 Å². The molecule has 0 fully saturated rings. The Hall–Kier alpha value is -0.890. The van der Waals surface area contributed by atoms with Crippen molar-refractivity contribution in [1.29, 1.82) is 0 Å². The fourth-order valence-corrected chi connectivity index (χ4v) is 1.23. The van der Waals surface area contributed by atoms with Gasteiger partial charge in [-0.1, -0.05) is 13.0 Å². The molecule has 66 valence electrons. The summed E-state index contributed by atoms with van der Waals surface area (Å²) >= 11 is 0. The predicted molar refractivity (Wildman–Crippen MR) is 50.9 cm³/mol. The Balaban J connectivity index is 2.41. The molecular formula is C10H16N2. The summed E-state index contributed by atoms with van der Waals surface area (Å²) in [5.41, 5.74) is 1.15. The molecule has 0 aliphatic rings. The second-order valence-corrected chi connectivity index (χ2v) is 3.06. The number of aromatic nitrogens is 1. The summed E-state index contributed by atoms with van der Waals surface area (Å²) < 4.78 is 0. The average Bonchev–Trinajstić information content (AvgIpc) is 2.06. The molecule has 12 heavy (non-hydrogen) atoms. The van der Waals surface area contributed by atoms with Gasteiger partial charge >= 0.3 is 0 Å². The quantitative estimate of drug-likeness (QED) is 0.676. The van der Waals surface area contributed by atoms with E-state index in [2.05, 4.69) is 29.9 Å². The van der Waals surface area contributed by atoms with Crippen molar-refractivity contribution in [3.8, 4) is 0 Å². The lowest BCUT2D eigenvalue weighted by molar-refractivity contribution is 0.323. The minimum Gasteiger partial charge on any atom is -0.301 e. The highest BCUT2D eigenvalue weighted by Gasteiger charge is 1.97. The van der Waals surface area contributed by atoms with Gasteiger partial charge in [0.25, 0.3) is 0 Å². The lowest BCUT2D eigenvalue weighted by atomic mass is 10.3. The second-order valence-electron chi connectivity index (χ2n) is 3.06. The van der Waals surface area contributed by atoms with Gasteiger partial charge in [-0.15, -0.1) is 0 Å². The number of rotatable bonds is 4. The van der Waals surface area contributed by atoms with Gasteiger partial charge in [0.2, 0.25) is 0 Å². The molecule has 1 rings (SSSR count). The van der Waals surface area contributed by atoms with Crippen LogP contribution in [0.15, 0.2) is 24.4 Å². The van der Waals surface area contributed by atoms with Crippen molar-refractivity contribution in [3.05, 3.63) is 30.1 Å². The number of nitrogens with zero attached hydrogens (tertiary/aromatic N) is 2. The predicted octanol–water partition coefficient (Wildman–Crippen LogP) is 1.92. The van der Waals surface area contributed by atoms with Crippen molar-refractivity contribution in [2.75, 3.05) is 13.6 Å². The fourth-order valence-electron chi connectivity index (χ4n) is 1.23. The van der Waals surface area contributed by atoms with Gasteiger partial charge < -0.3 is 4.90 Å². The summed E-state index contributed by atoms with van der Waals surface area (Å²) in [6, 6.07) is 6.04. The Morgan fingerprint density at radius 3 is 2.83 bits per heavy atom. The molecule has 0 N–H and O–H groups in total. The Bertz CT molecular complexity index is 208. The van der Waals surface area contributed by atoms with Gasteiger partial charge in [0.1, 0.15) is 0 Å². The molecule has 1 aromatic rings. The SMILES string of the molecule is CCCN(C)Cc1ccccn1. The Morgan fingerprint density at radius 2 is 2.25 bits per heavy atom. The summed E-state index contributed by atoms with van der Waals surface area (Å²) in [4.78, 5) is 6.54. The van der Waals surface area contributed by atoms with Crippen molar-refractivity contribution >= 4 is 0 Å². The summed E-state index contributed by atoms with van der Waals surface area (Å²) in [5, 5.41) is 0. The van der Waals surface area contributed by atoms with Gasteiger partial charge in [-0.2, -0.15) is 0 Å². The van der Waals surface area contributed by atoms with Gasteiger partial charge in [-0.25, -0.2) is 0 Å². The second kappa shape index (κ2) is 4.88. The van der Waals surface area contributed by atoms with Gasteiger partial charge in [0.15, 0.2) is 0 Å².